The summed E-state index contributed by atoms with van der Waals surface area (Å²) in [5.41, 5.74) is 1.09. The van der Waals surface area contributed by atoms with Gasteiger partial charge in [-0.2, -0.15) is 0 Å². The Labute approximate surface area is 84.2 Å². The lowest BCUT2D eigenvalue weighted by Gasteiger charge is -2.06. The van der Waals surface area contributed by atoms with E-state index in [-0.39, 0.29) is 0 Å². The van der Waals surface area contributed by atoms with E-state index in [9.17, 15) is 0 Å². The summed E-state index contributed by atoms with van der Waals surface area (Å²) < 4.78 is 0. The van der Waals surface area contributed by atoms with Crippen LogP contribution in [0.3, 0.4) is 0 Å². The van der Waals surface area contributed by atoms with E-state index < -0.39 is 0 Å². The third-order valence-corrected chi connectivity index (χ3v) is 2.61. The van der Waals surface area contributed by atoms with Crippen molar-refractivity contribution in [1.82, 2.24) is 5.32 Å². The molecule has 1 saturated carbocycles. The lowest BCUT2D eigenvalue weighted by molar-refractivity contribution is 0.779. The van der Waals surface area contributed by atoms with Crippen molar-refractivity contribution in [1.29, 1.82) is 0 Å². The first-order valence-corrected chi connectivity index (χ1v) is 5.01. The standard InChI is InChI=1S/C11H12NS/c13-11(12-8-9-6-7-9)10-4-2-1-3-5-10/h2-5,9H,6-8H2,(H,12,13). The monoisotopic (exact) mass is 190 g/mol. The van der Waals surface area contributed by atoms with E-state index in [0.717, 1.165) is 23.0 Å². The van der Waals surface area contributed by atoms with E-state index >= 15 is 0 Å². The van der Waals surface area contributed by atoms with E-state index in [1.807, 2.05) is 24.3 Å². The molecule has 0 atom stereocenters. The molecule has 2 rings (SSSR count). The lowest BCUT2D eigenvalue weighted by Crippen LogP contribution is -2.24. The van der Waals surface area contributed by atoms with Crippen molar-refractivity contribution in [2.24, 2.45) is 5.92 Å². The van der Waals surface area contributed by atoms with Crippen molar-refractivity contribution in [3.05, 3.63) is 35.9 Å². The fourth-order valence-electron chi connectivity index (χ4n) is 1.20. The van der Waals surface area contributed by atoms with Crippen LogP contribution in [0.4, 0.5) is 0 Å². The minimum atomic E-state index is 0.862. The van der Waals surface area contributed by atoms with Crippen LogP contribution in [0.1, 0.15) is 18.4 Å². The van der Waals surface area contributed by atoms with Gasteiger partial charge in [0.2, 0.25) is 0 Å². The first-order valence-electron chi connectivity index (χ1n) is 4.60. The zero-order valence-corrected chi connectivity index (χ0v) is 8.23. The second-order valence-electron chi connectivity index (χ2n) is 3.44. The lowest BCUT2D eigenvalue weighted by atomic mass is 10.2. The molecule has 1 aromatic rings. The molecule has 67 valence electrons. The summed E-state index contributed by atoms with van der Waals surface area (Å²) in [6.07, 6.45) is 2.72. The zero-order valence-electron chi connectivity index (χ0n) is 7.42. The summed E-state index contributed by atoms with van der Waals surface area (Å²) in [5, 5.41) is 3.28. The molecular formula is C11H12NS. The molecule has 13 heavy (non-hydrogen) atoms. The Kier molecular flexibility index (Phi) is 2.60. The van der Waals surface area contributed by atoms with Gasteiger partial charge in [0.25, 0.3) is 0 Å². The van der Waals surface area contributed by atoms with Crippen LogP contribution in [0.15, 0.2) is 24.3 Å². The van der Waals surface area contributed by atoms with E-state index in [0.29, 0.717) is 0 Å². The summed E-state index contributed by atoms with van der Waals surface area (Å²) in [6.45, 7) is 1.04. The zero-order chi connectivity index (χ0) is 9.10. The summed E-state index contributed by atoms with van der Waals surface area (Å²) >= 11 is 5.24. The second-order valence-corrected chi connectivity index (χ2v) is 3.85. The molecule has 0 spiro atoms. The van der Waals surface area contributed by atoms with Gasteiger partial charge >= 0.3 is 0 Å². The van der Waals surface area contributed by atoms with Gasteiger partial charge in [0.15, 0.2) is 0 Å². The normalized spacial score (nSPS) is 15.4. The van der Waals surface area contributed by atoms with Crippen LogP contribution in [0.2, 0.25) is 0 Å². The highest BCUT2D eigenvalue weighted by molar-refractivity contribution is 7.80. The van der Waals surface area contributed by atoms with E-state index in [1.54, 1.807) is 0 Å². The van der Waals surface area contributed by atoms with Gasteiger partial charge in [0, 0.05) is 12.1 Å². The molecular weight excluding hydrogens is 178 g/mol. The number of thiocarbonyl (C=S) groups is 1. The largest absolute Gasteiger partial charge is 0.376 e. The first kappa shape index (κ1) is 8.70. The Bertz CT molecular complexity index is 290. The van der Waals surface area contributed by atoms with Gasteiger partial charge in [-0.25, -0.2) is 0 Å². The minimum Gasteiger partial charge on any atom is -0.376 e. The predicted molar refractivity (Wildman–Crippen MR) is 57.7 cm³/mol. The first-order chi connectivity index (χ1) is 6.36. The molecule has 1 radical (unpaired) electrons. The molecule has 1 aliphatic rings. The molecule has 1 aromatic carbocycles. The van der Waals surface area contributed by atoms with Gasteiger partial charge in [-0.05, 0) is 24.8 Å². The second kappa shape index (κ2) is 3.88. The SMILES string of the molecule is S=C(NCC1CC1)c1cc[c]cc1. The van der Waals surface area contributed by atoms with Crippen LogP contribution < -0.4 is 5.32 Å². The number of rotatable bonds is 3. The Morgan fingerprint density at radius 3 is 2.77 bits per heavy atom. The molecule has 1 nitrogen and oxygen atoms in total. The van der Waals surface area contributed by atoms with Gasteiger partial charge in [0.1, 0.15) is 4.99 Å². The molecule has 0 heterocycles. The molecule has 2 heteroatoms. The highest BCUT2D eigenvalue weighted by Gasteiger charge is 2.20. The average molecular weight is 190 g/mol. The van der Waals surface area contributed by atoms with Gasteiger partial charge in [-0.3, -0.25) is 0 Å². The van der Waals surface area contributed by atoms with Crippen LogP contribution in [-0.4, -0.2) is 11.5 Å². The van der Waals surface area contributed by atoms with Crippen LogP contribution in [-0.2, 0) is 0 Å². The average Bonchev–Trinajstić information content (AvgIpc) is 2.99. The van der Waals surface area contributed by atoms with Crippen molar-refractivity contribution in [3.8, 4) is 0 Å². The highest BCUT2D eigenvalue weighted by atomic mass is 32.1. The molecule has 1 fully saturated rings. The van der Waals surface area contributed by atoms with Gasteiger partial charge < -0.3 is 5.32 Å². The molecule has 0 bridgehead atoms. The maximum Gasteiger partial charge on any atom is 0.106 e. The van der Waals surface area contributed by atoms with Gasteiger partial charge in [-0.1, -0.05) is 36.5 Å². The number of nitrogens with one attached hydrogen (secondary N) is 1. The van der Waals surface area contributed by atoms with Crippen molar-refractivity contribution in [3.63, 3.8) is 0 Å². The molecule has 1 N–H and O–H groups in total. The molecule has 0 aliphatic heterocycles. The smallest absolute Gasteiger partial charge is 0.106 e. The Morgan fingerprint density at radius 2 is 2.15 bits per heavy atom. The summed E-state index contributed by atoms with van der Waals surface area (Å²) in [4.78, 5) is 0.862. The summed E-state index contributed by atoms with van der Waals surface area (Å²) in [7, 11) is 0. The quantitative estimate of drug-likeness (QED) is 0.733. The van der Waals surface area contributed by atoms with Crippen molar-refractivity contribution >= 4 is 17.2 Å². The molecule has 0 amide bonds. The van der Waals surface area contributed by atoms with E-state index in [4.69, 9.17) is 12.2 Å². The Morgan fingerprint density at radius 1 is 1.46 bits per heavy atom. The van der Waals surface area contributed by atoms with Crippen LogP contribution >= 0.6 is 12.2 Å². The summed E-state index contributed by atoms with van der Waals surface area (Å²) in [6, 6.07) is 10.7. The molecule has 0 unspecified atom stereocenters. The highest BCUT2D eigenvalue weighted by Crippen LogP contribution is 2.27. The third-order valence-electron chi connectivity index (χ3n) is 2.23. The van der Waals surface area contributed by atoms with Crippen LogP contribution in [0.5, 0.6) is 0 Å². The van der Waals surface area contributed by atoms with E-state index in [1.165, 1.54) is 12.8 Å². The van der Waals surface area contributed by atoms with E-state index in [2.05, 4.69) is 11.4 Å². The maximum absolute atomic E-state index is 5.24. The molecule has 0 saturated heterocycles. The fourth-order valence-corrected chi connectivity index (χ4v) is 1.42. The van der Waals surface area contributed by atoms with Crippen LogP contribution in [0, 0.1) is 12.0 Å². The number of benzene rings is 1. The third kappa shape index (κ3) is 2.52. The fraction of sp³-hybridized carbons (Fsp3) is 0.364. The minimum absolute atomic E-state index is 0.862. The van der Waals surface area contributed by atoms with Crippen molar-refractivity contribution in [2.45, 2.75) is 12.8 Å². The number of hydrogen-bond donors (Lipinski definition) is 1. The molecule has 1 aliphatic carbocycles. The topological polar surface area (TPSA) is 12.0 Å². The van der Waals surface area contributed by atoms with Gasteiger partial charge in [0.05, 0.1) is 0 Å². The van der Waals surface area contributed by atoms with Gasteiger partial charge in [-0.15, -0.1) is 0 Å². The maximum atomic E-state index is 5.24. The Hall–Kier alpha value is -0.890. The molecule has 0 aromatic heterocycles. The van der Waals surface area contributed by atoms with Crippen LogP contribution in [0.25, 0.3) is 0 Å². The Balaban J connectivity index is 1.89. The predicted octanol–water partition coefficient (Wildman–Crippen LogP) is 2.16. The van der Waals surface area contributed by atoms with Crippen molar-refractivity contribution < 1.29 is 0 Å². The number of hydrogen-bond acceptors (Lipinski definition) is 1. The summed E-state index contributed by atoms with van der Waals surface area (Å²) in [5.74, 6) is 0.869. The van der Waals surface area contributed by atoms with Crippen molar-refractivity contribution in [2.75, 3.05) is 6.54 Å².